The number of carbonyl (C=O) groups excluding carboxylic acids is 1. The summed E-state index contributed by atoms with van der Waals surface area (Å²) in [6, 6.07) is -0.813. The van der Waals surface area contributed by atoms with E-state index < -0.39 is 12.0 Å². The first-order valence-electron chi connectivity index (χ1n) is 6.71. The van der Waals surface area contributed by atoms with Gasteiger partial charge in [0.15, 0.2) is 0 Å². The van der Waals surface area contributed by atoms with Gasteiger partial charge in [0, 0.05) is 12.6 Å². The Balaban J connectivity index is 2.63. The van der Waals surface area contributed by atoms with Crippen molar-refractivity contribution in [2.45, 2.75) is 58.5 Å². The van der Waals surface area contributed by atoms with E-state index in [9.17, 15) is 9.59 Å². The minimum atomic E-state index is -1.00. The van der Waals surface area contributed by atoms with Crippen molar-refractivity contribution in [2.24, 2.45) is 5.92 Å². The van der Waals surface area contributed by atoms with Gasteiger partial charge in [0.25, 0.3) is 0 Å². The number of rotatable bonds is 5. The SMILES string of the molecule is CC(C)CN(C(=O)N[C@H](C)C(=O)O)C1CCCC1. The third-order valence-electron chi connectivity index (χ3n) is 3.30. The van der Waals surface area contributed by atoms with E-state index in [4.69, 9.17) is 5.11 Å². The lowest BCUT2D eigenvalue weighted by molar-refractivity contribution is -0.138. The van der Waals surface area contributed by atoms with Gasteiger partial charge in [-0.15, -0.1) is 0 Å². The van der Waals surface area contributed by atoms with E-state index in [0.717, 1.165) is 25.7 Å². The molecule has 0 aromatic rings. The van der Waals surface area contributed by atoms with Gasteiger partial charge in [-0.2, -0.15) is 0 Å². The van der Waals surface area contributed by atoms with Crippen LogP contribution in [0.2, 0.25) is 0 Å². The Labute approximate surface area is 109 Å². The molecule has 5 nitrogen and oxygen atoms in total. The van der Waals surface area contributed by atoms with Gasteiger partial charge in [-0.3, -0.25) is 4.79 Å². The number of aliphatic carboxylic acids is 1. The van der Waals surface area contributed by atoms with Crippen LogP contribution in [-0.2, 0) is 4.79 Å². The van der Waals surface area contributed by atoms with E-state index in [2.05, 4.69) is 19.2 Å². The highest BCUT2D eigenvalue weighted by molar-refractivity contribution is 5.82. The normalized spacial score (nSPS) is 17.8. The minimum absolute atomic E-state index is 0.245. The molecule has 0 heterocycles. The van der Waals surface area contributed by atoms with E-state index in [1.54, 1.807) is 0 Å². The van der Waals surface area contributed by atoms with Gasteiger partial charge < -0.3 is 15.3 Å². The number of hydrogen-bond donors (Lipinski definition) is 2. The molecule has 5 heteroatoms. The number of carboxylic acids is 1. The van der Waals surface area contributed by atoms with E-state index >= 15 is 0 Å². The fraction of sp³-hybridized carbons (Fsp3) is 0.846. The van der Waals surface area contributed by atoms with Crippen LogP contribution < -0.4 is 5.32 Å². The molecule has 1 fully saturated rings. The van der Waals surface area contributed by atoms with Crippen molar-refractivity contribution in [3.63, 3.8) is 0 Å². The number of amides is 2. The van der Waals surface area contributed by atoms with Crippen LogP contribution in [0.4, 0.5) is 4.79 Å². The minimum Gasteiger partial charge on any atom is -0.480 e. The molecule has 0 aromatic carbocycles. The molecule has 1 rings (SSSR count). The second-order valence-corrected chi connectivity index (χ2v) is 5.49. The summed E-state index contributed by atoms with van der Waals surface area (Å²) < 4.78 is 0. The molecule has 0 saturated heterocycles. The zero-order chi connectivity index (χ0) is 13.7. The summed E-state index contributed by atoms with van der Waals surface area (Å²) in [4.78, 5) is 24.7. The highest BCUT2D eigenvalue weighted by Crippen LogP contribution is 2.24. The first kappa shape index (κ1) is 14.8. The number of urea groups is 1. The largest absolute Gasteiger partial charge is 0.480 e. The predicted molar refractivity (Wildman–Crippen MR) is 69.4 cm³/mol. The Morgan fingerprint density at radius 3 is 2.28 bits per heavy atom. The van der Waals surface area contributed by atoms with Gasteiger partial charge in [0.05, 0.1) is 0 Å². The van der Waals surface area contributed by atoms with Crippen molar-refractivity contribution in [2.75, 3.05) is 6.54 Å². The molecule has 0 aromatic heterocycles. The molecular weight excluding hydrogens is 232 g/mol. The molecule has 2 amide bonds. The summed E-state index contributed by atoms with van der Waals surface area (Å²) in [5, 5.41) is 11.4. The quantitative estimate of drug-likeness (QED) is 0.791. The highest BCUT2D eigenvalue weighted by Gasteiger charge is 2.28. The summed E-state index contributed by atoms with van der Waals surface area (Å²) >= 11 is 0. The topological polar surface area (TPSA) is 69.6 Å². The Morgan fingerprint density at radius 2 is 1.83 bits per heavy atom. The molecule has 0 unspecified atom stereocenters. The molecule has 0 bridgehead atoms. The van der Waals surface area contributed by atoms with E-state index in [1.807, 2.05) is 4.90 Å². The zero-order valence-corrected chi connectivity index (χ0v) is 11.5. The van der Waals surface area contributed by atoms with E-state index in [-0.39, 0.29) is 12.1 Å². The second kappa shape index (κ2) is 6.61. The fourth-order valence-electron chi connectivity index (χ4n) is 2.34. The average Bonchev–Trinajstić information content (AvgIpc) is 2.78. The van der Waals surface area contributed by atoms with Gasteiger partial charge >= 0.3 is 12.0 Å². The van der Waals surface area contributed by atoms with E-state index in [1.165, 1.54) is 6.92 Å². The number of nitrogens with one attached hydrogen (secondary N) is 1. The third kappa shape index (κ3) is 4.20. The van der Waals surface area contributed by atoms with Crippen LogP contribution in [0.3, 0.4) is 0 Å². The molecule has 2 N–H and O–H groups in total. The fourth-order valence-corrected chi connectivity index (χ4v) is 2.34. The molecule has 1 saturated carbocycles. The van der Waals surface area contributed by atoms with Gasteiger partial charge in [-0.25, -0.2) is 4.79 Å². The maximum Gasteiger partial charge on any atom is 0.325 e. The maximum absolute atomic E-state index is 12.1. The molecule has 0 aliphatic heterocycles. The first-order valence-corrected chi connectivity index (χ1v) is 6.71. The summed E-state index contributed by atoms with van der Waals surface area (Å²) in [6.07, 6.45) is 4.37. The van der Waals surface area contributed by atoms with Crippen LogP contribution in [-0.4, -0.2) is 40.6 Å². The Bertz CT molecular complexity index is 299. The Hall–Kier alpha value is -1.26. The van der Waals surface area contributed by atoms with Crippen LogP contribution in [0.5, 0.6) is 0 Å². The maximum atomic E-state index is 12.1. The standard InChI is InChI=1S/C13H24N2O3/c1-9(2)8-15(11-6-4-5-7-11)13(18)14-10(3)12(16)17/h9-11H,4-8H2,1-3H3,(H,14,18)(H,16,17)/t10-/m1/s1. The van der Waals surface area contributed by atoms with Crippen molar-refractivity contribution in [3.8, 4) is 0 Å². The first-order chi connectivity index (χ1) is 8.41. The molecule has 0 spiro atoms. The molecular formula is C13H24N2O3. The number of carboxylic acid groups (broad SMARTS) is 1. The lowest BCUT2D eigenvalue weighted by Crippen LogP contribution is -2.51. The second-order valence-electron chi connectivity index (χ2n) is 5.49. The molecule has 1 atom stereocenters. The molecule has 104 valence electrons. The third-order valence-corrected chi connectivity index (χ3v) is 3.30. The summed E-state index contributed by atoms with van der Waals surface area (Å²) in [5.74, 6) is -0.615. The van der Waals surface area contributed by atoms with Crippen molar-refractivity contribution in [3.05, 3.63) is 0 Å². The van der Waals surface area contributed by atoms with Gasteiger partial charge in [0.2, 0.25) is 0 Å². The van der Waals surface area contributed by atoms with Gasteiger partial charge in [-0.1, -0.05) is 26.7 Å². The lowest BCUT2D eigenvalue weighted by Gasteiger charge is -2.31. The highest BCUT2D eigenvalue weighted by atomic mass is 16.4. The molecule has 1 aliphatic carbocycles. The van der Waals surface area contributed by atoms with Crippen molar-refractivity contribution in [1.29, 1.82) is 0 Å². The van der Waals surface area contributed by atoms with Crippen molar-refractivity contribution in [1.82, 2.24) is 10.2 Å². The lowest BCUT2D eigenvalue weighted by atomic mass is 10.1. The molecule has 18 heavy (non-hydrogen) atoms. The Morgan fingerprint density at radius 1 is 1.28 bits per heavy atom. The van der Waals surface area contributed by atoms with Crippen molar-refractivity contribution < 1.29 is 14.7 Å². The zero-order valence-electron chi connectivity index (χ0n) is 11.5. The summed E-state index contributed by atoms with van der Waals surface area (Å²) in [6.45, 7) is 6.30. The monoisotopic (exact) mass is 256 g/mol. The Kier molecular flexibility index (Phi) is 5.44. The van der Waals surface area contributed by atoms with Crippen molar-refractivity contribution >= 4 is 12.0 Å². The summed E-state index contributed by atoms with van der Waals surface area (Å²) in [7, 11) is 0. The van der Waals surface area contributed by atoms with Crippen LogP contribution in [0, 0.1) is 5.92 Å². The number of nitrogens with zero attached hydrogens (tertiary/aromatic N) is 1. The summed E-state index contributed by atoms with van der Waals surface area (Å²) in [5.41, 5.74) is 0. The smallest absolute Gasteiger partial charge is 0.325 e. The van der Waals surface area contributed by atoms with Crippen LogP contribution in [0.25, 0.3) is 0 Å². The van der Waals surface area contributed by atoms with Gasteiger partial charge in [-0.05, 0) is 25.7 Å². The average molecular weight is 256 g/mol. The predicted octanol–water partition coefficient (Wildman–Crippen LogP) is 2.07. The molecule has 1 aliphatic rings. The van der Waals surface area contributed by atoms with Gasteiger partial charge in [0.1, 0.15) is 6.04 Å². The van der Waals surface area contributed by atoms with Crippen LogP contribution in [0.15, 0.2) is 0 Å². The number of hydrogen-bond acceptors (Lipinski definition) is 2. The van der Waals surface area contributed by atoms with Crippen LogP contribution >= 0.6 is 0 Å². The van der Waals surface area contributed by atoms with Crippen LogP contribution in [0.1, 0.15) is 46.5 Å². The van der Waals surface area contributed by atoms with E-state index in [0.29, 0.717) is 12.5 Å². The number of carbonyl (C=O) groups is 2. The molecule has 0 radical (unpaired) electrons.